The van der Waals surface area contributed by atoms with Gasteiger partial charge in [0.15, 0.2) is 5.76 Å². The third-order valence-electron chi connectivity index (χ3n) is 2.52. The standard InChI is InChI=1S/C12H10F3NO3/c1-18-11-3-2-7(12(13,14)15)4-9(11)10-5-8(6-17)19-16-10/h2-5,17H,6H2,1H3. The normalized spacial score (nSPS) is 11.6. The fourth-order valence-corrected chi connectivity index (χ4v) is 1.60. The number of methoxy groups -OCH3 is 1. The number of nitrogens with zero attached hydrogens (tertiary/aromatic N) is 1. The van der Waals surface area contributed by atoms with Gasteiger partial charge in [0.05, 0.1) is 12.7 Å². The SMILES string of the molecule is COc1ccc(C(F)(F)F)cc1-c1cc(CO)on1. The average Bonchev–Trinajstić information content (AvgIpc) is 2.85. The zero-order valence-corrected chi connectivity index (χ0v) is 9.86. The van der Waals surface area contributed by atoms with Gasteiger partial charge in [-0.2, -0.15) is 13.2 Å². The summed E-state index contributed by atoms with van der Waals surface area (Å²) in [5.74, 6) is 0.403. The Hall–Kier alpha value is -2.02. The fraction of sp³-hybridized carbons (Fsp3) is 0.250. The van der Waals surface area contributed by atoms with Gasteiger partial charge in [-0.15, -0.1) is 0 Å². The molecule has 0 aliphatic heterocycles. The van der Waals surface area contributed by atoms with E-state index in [0.717, 1.165) is 12.1 Å². The maximum Gasteiger partial charge on any atom is 0.416 e. The Morgan fingerprint density at radius 3 is 2.58 bits per heavy atom. The van der Waals surface area contributed by atoms with E-state index in [1.54, 1.807) is 0 Å². The number of hydrogen-bond donors (Lipinski definition) is 1. The van der Waals surface area contributed by atoms with Crippen molar-refractivity contribution in [3.8, 4) is 17.0 Å². The second-order valence-electron chi connectivity index (χ2n) is 3.75. The van der Waals surface area contributed by atoms with E-state index in [-0.39, 0.29) is 29.4 Å². The van der Waals surface area contributed by atoms with E-state index in [9.17, 15) is 13.2 Å². The second-order valence-corrected chi connectivity index (χ2v) is 3.75. The summed E-state index contributed by atoms with van der Waals surface area (Å²) in [6.07, 6.45) is -4.45. The molecule has 1 N–H and O–H groups in total. The smallest absolute Gasteiger partial charge is 0.416 e. The predicted octanol–water partition coefficient (Wildman–Crippen LogP) is 2.86. The summed E-state index contributed by atoms with van der Waals surface area (Å²) < 4.78 is 47.8. The molecule has 0 bridgehead atoms. The van der Waals surface area contributed by atoms with Crippen LogP contribution in [0, 0.1) is 0 Å². The van der Waals surface area contributed by atoms with Crippen LogP contribution in [0.2, 0.25) is 0 Å². The van der Waals surface area contributed by atoms with Crippen molar-refractivity contribution in [1.82, 2.24) is 5.16 Å². The number of halogens is 3. The first-order valence-electron chi connectivity index (χ1n) is 5.27. The van der Waals surface area contributed by atoms with Gasteiger partial charge in [0, 0.05) is 11.6 Å². The van der Waals surface area contributed by atoms with Crippen LogP contribution in [0.4, 0.5) is 13.2 Å². The first-order chi connectivity index (χ1) is 8.95. The lowest BCUT2D eigenvalue weighted by Gasteiger charge is -2.10. The number of aliphatic hydroxyl groups is 1. The lowest BCUT2D eigenvalue weighted by Crippen LogP contribution is -2.05. The Kier molecular flexibility index (Phi) is 3.48. The Bertz CT molecular complexity index is 578. The van der Waals surface area contributed by atoms with Gasteiger partial charge < -0.3 is 14.4 Å². The van der Waals surface area contributed by atoms with Crippen molar-refractivity contribution >= 4 is 0 Å². The first-order valence-corrected chi connectivity index (χ1v) is 5.27. The molecule has 102 valence electrons. The maximum atomic E-state index is 12.7. The van der Waals surface area contributed by atoms with Crippen LogP contribution in [0.5, 0.6) is 5.75 Å². The van der Waals surface area contributed by atoms with Crippen LogP contribution in [0.25, 0.3) is 11.3 Å². The van der Waals surface area contributed by atoms with Crippen molar-refractivity contribution in [2.24, 2.45) is 0 Å². The van der Waals surface area contributed by atoms with Crippen molar-refractivity contribution in [3.63, 3.8) is 0 Å². The highest BCUT2D eigenvalue weighted by atomic mass is 19.4. The summed E-state index contributed by atoms with van der Waals surface area (Å²) in [4.78, 5) is 0. The third-order valence-corrected chi connectivity index (χ3v) is 2.52. The Labute approximate surface area is 106 Å². The molecular weight excluding hydrogens is 263 g/mol. The molecule has 1 aromatic carbocycles. The van der Waals surface area contributed by atoms with Crippen LogP contribution >= 0.6 is 0 Å². The average molecular weight is 273 g/mol. The Morgan fingerprint density at radius 1 is 1.32 bits per heavy atom. The van der Waals surface area contributed by atoms with Gasteiger partial charge in [0.1, 0.15) is 18.1 Å². The third kappa shape index (κ3) is 2.70. The highest BCUT2D eigenvalue weighted by molar-refractivity contribution is 5.68. The summed E-state index contributed by atoms with van der Waals surface area (Å²) in [5, 5.41) is 12.5. The van der Waals surface area contributed by atoms with E-state index in [1.165, 1.54) is 19.2 Å². The molecule has 2 rings (SSSR count). The summed E-state index contributed by atoms with van der Waals surface area (Å²) in [6, 6.07) is 4.43. The quantitative estimate of drug-likeness (QED) is 0.934. The first kappa shape index (κ1) is 13.4. The van der Waals surface area contributed by atoms with Crippen molar-refractivity contribution < 1.29 is 27.5 Å². The number of alkyl halides is 3. The van der Waals surface area contributed by atoms with E-state index < -0.39 is 11.7 Å². The zero-order valence-electron chi connectivity index (χ0n) is 9.86. The molecule has 0 radical (unpaired) electrons. The largest absolute Gasteiger partial charge is 0.496 e. The molecule has 4 nitrogen and oxygen atoms in total. The molecule has 1 aromatic heterocycles. The summed E-state index contributed by atoms with van der Waals surface area (Å²) in [7, 11) is 1.35. The van der Waals surface area contributed by atoms with E-state index in [2.05, 4.69) is 5.16 Å². The molecule has 0 amide bonds. The molecule has 19 heavy (non-hydrogen) atoms. The number of hydrogen-bond acceptors (Lipinski definition) is 4. The Balaban J connectivity index is 2.53. The molecule has 0 unspecified atom stereocenters. The number of aliphatic hydroxyl groups excluding tert-OH is 1. The lowest BCUT2D eigenvalue weighted by atomic mass is 10.1. The van der Waals surface area contributed by atoms with Gasteiger partial charge in [-0.25, -0.2) is 0 Å². The number of aromatic nitrogens is 1. The van der Waals surface area contributed by atoms with Gasteiger partial charge in [0.25, 0.3) is 0 Å². The molecule has 2 aromatic rings. The van der Waals surface area contributed by atoms with Crippen LogP contribution in [0.3, 0.4) is 0 Å². The molecular formula is C12H10F3NO3. The summed E-state index contributed by atoms with van der Waals surface area (Å²) >= 11 is 0. The van der Waals surface area contributed by atoms with Crippen LogP contribution in [-0.4, -0.2) is 17.4 Å². The Morgan fingerprint density at radius 2 is 2.05 bits per heavy atom. The molecule has 0 atom stereocenters. The summed E-state index contributed by atoms with van der Waals surface area (Å²) in [5.41, 5.74) is -0.482. The van der Waals surface area contributed by atoms with Gasteiger partial charge in [-0.1, -0.05) is 5.16 Å². The van der Waals surface area contributed by atoms with Crippen LogP contribution in [0.15, 0.2) is 28.8 Å². The molecule has 0 fully saturated rings. The van der Waals surface area contributed by atoms with Gasteiger partial charge in [-0.3, -0.25) is 0 Å². The number of ether oxygens (including phenoxy) is 1. The minimum absolute atomic E-state index is 0.153. The van der Waals surface area contributed by atoms with Crippen molar-refractivity contribution in [2.75, 3.05) is 7.11 Å². The minimum Gasteiger partial charge on any atom is -0.496 e. The summed E-state index contributed by atoms with van der Waals surface area (Å²) in [6.45, 7) is -0.381. The van der Waals surface area contributed by atoms with Crippen molar-refractivity contribution in [1.29, 1.82) is 0 Å². The predicted molar refractivity (Wildman–Crippen MR) is 59.4 cm³/mol. The fourth-order valence-electron chi connectivity index (χ4n) is 1.60. The number of rotatable bonds is 3. The molecule has 0 saturated heterocycles. The molecule has 0 aliphatic rings. The zero-order chi connectivity index (χ0) is 14.0. The second kappa shape index (κ2) is 4.93. The van der Waals surface area contributed by atoms with Crippen LogP contribution < -0.4 is 4.74 Å². The highest BCUT2D eigenvalue weighted by Crippen LogP contribution is 2.36. The molecule has 7 heteroatoms. The maximum absolute atomic E-state index is 12.7. The van der Waals surface area contributed by atoms with E-state index >= 15 is 0 Å². The molecule has 0 aliphatic carbocycles. The molecule has 0 saturated carbocycles. The highest BCUT2D eigenvalue weighted by Gasteiger charge is 2.31. The lowest BCUT2D eigenvalue weighted by molar-refractivity contribution is -0.137. The van der Waals surface area contributed by atoms with Crippen molar-refractivity contribution in [3.05, 3.63) is 35.6 Å². The van der Waals surface area contributed by atoms with Crippen LogP contribution in [-0.2, 0) is 12.8 Å². The van der Waals surface area contributed by atoms with Crippen molar-refractivity contribution in [2.45, 2.75) is 12.8 Å². The topological polar surface area (TPSA) is 55.5 Å². The minimum atomic E-state index is -4.45. The van der Waals surface area contributed by atoms with Gasteiger partial charge in [0.2, 0.25) is 0 Å². The van der Waals surface area contributed by atoms with E-state index in [0.29, 0.717) is 0 Å². The van der Waals surface area contributed by atoms with E-state index in [4.69, 9.17) is 14.4 Å². The number of benzene rings is 1. The molecule has 1 heterocycles. The van der Waals surface area contributed by atoms with Crippen LogP contribution in [0.1, 0.15) is 11.3 Å². The van der Waals surface area contributed by atoms with Gasteiger partial charge in [-0.05, 0) is 18.2 Å². The van der Waals surface area contributed by atoms with Gasteiger partial charge >= 0.3 is 6.18 Å². The van der Waals surface area contributed by atoms with E-state index in [1.807, 2.05) is 0 Å². The monoisotopic (exact) mass is 273 g/mol. The molecule has 0 spiro atoms.